The van der Waals surface area contributed by atoms with Crippen molar-refractivity contribution in [2.24, 2.45) is 11.7 Å². The van der Waals surface area contributed by atoms with Crippen LogP contribution in [0.1, 0.15) is 28.0 Å². The van der Waals surface area contributed by atoms with Crippen molar-refractivity contribution in [1.29, 1.82) is 0 Å². The van der Waals surface area contributed by atoms with Crippen LogP contribution in [-0.2, 0) is 4.79 Å². The van der Waals surface area contributed by atoms with Gasteiger partial charge in [0.15, 0.2) is 5.82 Å². The molecular formula is C14H14BrN5O3. The van der Waals surface area contributed by atoms with E-state index in [9.17, 15) is 9.59 Å². The highest BCUT2D eigenvalue weighted by Gasteiger charge is 2.42. The maximum absolute atomic E-state index is 12.6. The Morgan fingerprint density at radius 2 is 2.17 bits per heavy atom. The minimum absolute atomic E-state index is 0.215. The first-order chi connectivity index (χ1) is 11.0. The maximum atomic E-state index is 12.6. The van der Waals surface area contributed by atoms with Gasteiger partial charge in [0.05, 0.1) is 17.4 Å². The van der Waals surface area contributed by atoms with Crippen molar-refractivity contribution in [3.63, 3.8) is 0 Å². The molecule has 0 radical (unpaired) electrons. The predicted molar refractivity (Wildman–Crippen MR) is 82.3 cm³/mol. The molecular weight excluding hydrogens is 366 g/mol. The third kappa shape index (κ3) is 3.09. The smallest absolute Gasteiger partial charge is 0.255 e. The molecule has 1 aliphatic heterocycles. The summed E-state index contributed by atoms with van der Waals surface area (Å²) in [7, 11) is 0. The van der Waals surface area contributed by atoms with E-state index in [0.717, 1.165) is 0 Å². The van der Waals surface area contributed by atoms with Crippen molar-refractivity contribution in [2.75, 3.05) is 13.1 Å². The van der Waals surface area contributed by atoms with Crippen molar-refractivity contribution in [3.8, 4) is 0 Å². The highest BCUT2D eigenvalue weighted by molar-refractivity contribution is 9.10. The van der Waals surface area contributed by atoms with Gasteiger partial charge in [0.25, 0.3) is 5.91 Å². The number of rotatable bonds is 3. The van der Waals surface area contributed by atoms with Gasteiger partial charge in [0.1, 0.15) is 0 Å². The van der Waals surface area contributed by atoms with E-state index in [2.05, 4.69) is 31.1 Å². The molecule has 2 N–H and O–H groups in total. The molecule has 8 nitrogen and oxygen atoms in total. The number of carbonyl (C=O) groups excluding carboxylic acids is 2. The highest BCUT2D eigenvalue weighted by atomic mass is 79.9. The zero-order valence-corrected chi connectivity index (χ0v) is 13.9. The fourth-order valence-electron chi connectivity index (χ4n) is 2.68. The van der Waals surface area contributed by atoms with Crippen LogP contribution in [0.5, 0.6) is 0 Å². The molecule has 0 unspecified atom stereocenters. The molecule has 1 saturated heterocycles. The van der Waals surface area contributed by atoms with Crippen LogP contribution >= 0.6 is 15.9 Å². The van der Waals surface area contributed by atoms with Crippen LogP contribution in [0, 0.1) is 12.8 Å². The summed E-state index contributed by atoms with van der Waals surface area (Å²) in [6.45, 7) is 2.20. The standard InChI is InChI=1S/C14H14BrN5O3/c1-7-18-13(23-19-7)11-6-20(5-10(11)12(16)21)14(22)8-2-9(15)4-17-3-8/h2-4,10-11H,5-6H2,1H3,(H2,16,21)/t10-,11-/m1/s1. The summed E-state index contributed by atoms with van der Waals surface area (Å²) in [6.07, 6.45) is 3.08. The van der Waals surface area contributed by atoms with Crippen molar-refractivity contribution < 1.29 is 14.1 Å². The van der Waals surface area contributed by atoms with E-state index < -0.39 is 17.7 Å². The van der Waals surface area contributed by atoms with Gasteiger partial charge in [-0.15, -0.1) is 0 Å². The van der Waals surface area contributed by atoms with Gasteiger partial charge >= 0.3 is 0 Å². The molecule has 23 heavy (non-hydrogen) atoms. The average Bonchev–Trinajstić information content (AvgIpc) is 3.12. The second-order valence-electron chi connectivity index (χ2n) is 5.40. The zero-order chi connectivity index (χ0) is 16.6. The van der Waals surface area contributed by atoms with Gasteiger partial charge in [-0.25, -0.2) is 0 Å². The number of nitrogens with two attached hydrogens (primary N) is 1. The lowest BCUT2D eigenvalue weighted by Crippen LogP contribution is -2.32. The molecule has 9 heteroatoms. The second-order valence-corrected chi connectivity index (χ2v) is 6.31. The molecule has 1 fully saturated rings. The number of amides is 2. The number of halogens is 1. The SMILES string of the molecule is Cc1noc([C@@H]2CN(C(=O)c3cncc(Br)c3)C[C@H]2C(N)=O)n1. The number of aryl methyl sites for hydroxylation is 1. The molecule has 0 spiro atoms. The van der Waals surface area contributed by atoms with E-state index in [0.29, 0.717) is 28.3 Å². The molecule has 120 valence electrons. The first-order valence-corrected chi connectivity index (χ1v) is 7.74. The highest BCUT2D eigenvalue weighted by Crippen LogP contribution is 2.32. The van der Waals surface area contributed by atoms with Gasteiger partial charge in [0.2, 0.25) is 11.8 Å². The minimum Gasteiger partial charge on any atom is -0.369 e. The number of hydrogen-bond donors (Lipinski definition) is 1. The number of carbonyl (C=O) groups is 2. The first kappa shape index (κ1) is 15.6. The molecule has 3 heterocycles. The van der Waals surface area contributed by atoms with Crippen LogP contribution in [-0.4, -0.2) is 44.9 Å². The zero-order valence-electron chi connectivity index (χ0n) is 12.3. The van der Waals surface area contributed by atoms with E-state index in [1.807, 2.05) is 0 Å². The van der Waals surface area contributed by atoms with Crippen molar-refractivity contribution >= 4 is 27.7 Å². The fourth-order valence-corrected chi connectivity index (χ4v) is 3.05. The van der Waals surface area contributed by atoms with Crippen LogP contribution in [0.3, 0.4) is 0 Å². The molecule has 0 bridgehead atoms. The van der Waals surface area contributed by atoms with Crippen LogP contribution in [0.25, 0.3) is 0 Å². The quantitative estimate of drug-likeness (QED) is 0.845. The Balaban J connectivity index is 1.85. The molecule has 3 rings (SSSR count). The molecule has 0 saturated carbocycles. The summed E-state index contributed by atoms with van der Waals surface area (Å²) in [5, 5.41) is 3.74. The third-order valence-corrected chi connectivity index (χ3v) is 4.22. The Hall–Kier alpha value is -2.29. The van der Waals surface area contributed by atoms with Gasteiger partial charge < -0.3 is 15.2 Å². The molecule has 2 aromatic heterocycles. The van der Waals surface area contributed by atoms with E-state index in [1.165, 1.54) is 6.20 Å². The Morgan fingerprint density at radius 3 is 2.78 bits per heavy atom. The van der Waals surface area contributed by atoms with Crippen molar-refractivity contribution in [2.45, 2.75) is 12.8 Å². The average molecular weight is 380 g/mol. The van der Waals surface area contributed by atoms with Gasteiger partial charge in [0, 0.05) is 30.0 Å². The van der Waals surface area contributed by atoms with Crippen molar-refractivity contribution in [1.82, 2.24) is 20.0 Å². The number of hydrogen-bond acceptors (Lipinski definition) is 6. The third-order valence-electron chi connectivity index (χ3n) is 3.78. The molecule has 2 amide bonds. The summed E-state index contributed by atoms with van der Waals surface area (Å²) >= 11 is 3.28. The van der Waals surface area contributed by atoms with Gasteiger partial charge in [-0.05, 0) is 28.9 Å². The lowest BCUT2D eigenvalue weighted by atomic mass is 9.95. The van der Waals surface area contributed by atoms with E-state index in [1.54, 1.807) is 24.1 Å². The first-order valence-electron chi connectivity index (χ1n) is 6.95. The number of likely N-dealkylation sites (tertiary alicyclic amines) is 1. The van der Waals surface area contributed by atoms with E-state index in [-0.39, 0.29) is 12.5 Å². The van der Waals surface area contributed by atoms with Crippen molar-refractivity contribution in [3.05, 3.63) is 40.2 Å². The summed E-state index contributed by atoms with van der Waals surface area (Å²) in [6, 6.07) is 1.68. The molecule has 0 aliphatic carbocycles. The Bertz CT molecular complexity index is 762. The summed E-state index contributed by atoms with van der Waals surface area (Å²) in [4.78, 5) is 34.0. The fraction of sp³-hybridized carbons (Fsp3) is 0.357. The van der Waals surface area contributed by atoms with Gasteiger partial charge in [-0.3, -0.25) is 14.6 Å². The molecule has 2 atom stereocenters. The molecule has 1 aliphatic rings. The molecule has 2 aromatic rings. The number of aromatic nitrogens is 3. The molecule has 0 aromatic carbocycles. The summed E-state index contributed by atoms with van der Waals surface area (Å²) in [5.74, 6) is -0.855. The predicted octanol–water partition coefficient (Wildman–Crippen LogP) is 0.877. The normalized spacial score (nSPS) is 20.7. The number of primary amides is 1. The number of pyridine rings is 1. The second kappa shape index (κ2) is 6.07. The van der Waals surface area contributed by atoms with Gasteiger partial charge in [-0.1, -0.05) is 5.16 Å². The topological polar surface area (TPSA) is 115 Å². The summed E-state index contributed by atoms with van der Waals surface area (Å²) < 4.78 is 5.86. The monoisotopic (exact) mass is 379 g/mol. The largest absolute Gasteiger partial charge is 0.369 e. The lowest BCUT2D eigenvalue weighted by Gasteiger charge is -2.15. The van der Waals surface area contributed by atoms with Crippen LogP contribution in [0.4, 0.5) is 0 Å². The minimum atomic E-state index is -0.557. The van der Waals surface area contributed by atoms with Gasteiger partial charge in [-0.2, -0.15) is 4.98 Å². The lowest BCUT2D eigenvalue weighted by molar-refractivity contribution is -0.121. The number of nitrogens with zero attached hydrogens (tertiary/aromatic N) is 4. The van der Waals surface area contributed by atoms with E-state index in [4.69, 9.17) is 10.3 Å². The Kier molecular flexibility index (Phi) is 4.12. The Labute approximate surface area is 140 Å². The Morgan fingerprint density at radius 1 is 1.39 bits per heavy atom. The van der Waals surface area contributed by atoms with Crippen LogP contribution in [0.2, 0.25) is 0 Å². The van der Waals surface area contributed by atoms with E-state index >= 15 is 0 Å². The summed E-state index contributed by atoms with van der Waals surface area (Å²) in [5.41, 5.74) is 5.91. The van der Waals surface area contributed by atoms with Crippen LogP contribution < -0.4 is 5.73 Å². The van der Waals surface area contributed by atoms with Crippen LogP contribution in [0.15, 0.2) is 27.5 Å². The maximum Gasteiger partial charge on any atom is 0.255 e.